The summed E-state index contributed by atoms with van der Waals surface area (Å²) in [7, 11) is 0. The second-order valence-corrected chi connectivity index (χ2v) is 6.58. The predicted octanol–water partition coefficient (Wildman–Crippen LogP) is 1.89. The monoisotopic (exact) mass is 352 g/mol. The van der Waals surface area contributed by atoms with Gasteiger partial charge in [-0.05, 0) is 30.2 Å². The third kappa shape index (κ3) is 3.63. The minimum absolute atomic E-state index is 0.203. The highest BCUT2D eigenvalue weighted by atomic mass is 32.2. The van der Waals surface area contributed by atoms with Crippen molar-refractivity contribution in [1.29, 1.82) is 0 Å². The summed E-state index contributed by atoms with van der Waals surface area (Å²) in [5, 5.41) is 12.7. The Bertz CT molecular complexity index is 1000. The Balaban J connectivity index is 1.41. The number of pyridine rings is 1. The number of benzene rings is 1. The zero-order chi connectivity index (χ0) is 17.1. The van der Waals surface area contributed by atoms with Gasteiger partial charge in [-0.15, -0.1) is 5.10 Å². The van der Waals surface area contributed by atoms with E-state index < -0.39 is 0 Å². The molecule has 0 spiro atoms. The molecular formula is C17H16N6OS. The van der Waals surface area contributed by atoms with Crippen LogP contribution >= 0.6 is 11.8 Å². The summed E-state index contributed by atoms with van der Waals surface area (Å²) >= 11 is 1.62. The number of nitrogens with one attached hydrogen (secondary N) is 3. The number of aromatic amines is 2. The number of amidine groups is 1. The Morgan fingerprint density at radius 2 is 2.08 bits per heavy atom. The maximum atomic E-state index is 11.3. The van der Waals surface area contributed by atoms with Gasteiger partial charge >= 0.3 is 5.69 Å². The second kappa shape index (κ2) is 6.94. The molecule has 0 amide bonds. The van der Waals surface area contributed by atoms with E-state index in [4.69, 9.17) is 0 Å². The summed E-state index contributed by atoms with van der Waals surface area (Å²) in [4.78, 5) is 20.9. The van der Waals surface area contributed by atoms with Gasteiger partial charge in [-0.25, -0.2) is 4.79 Å². The van der Waals surface area contributed by atoms with Crippen molar-refractivity contribution in [2.75, 3.05) is 12.3 Å². The molecule has 0 fully saturated rings. The van der Waals surface area contributed by atoms with E-state index in [9.17, 15) is 4.79 Å². The smallest absolute Gasteiger partial charge is 0.323 e. The normalized spacial score (nSPS) is 14.2. The number of thioether (sulfide) groups is 1. The van der Waals surface area contributed by atoms with E-state index >= 15 is 0 Å². The molecule has 7 nitrogen and oxygen atoms in total. The maximum Gasteiger partial charge on any atom is 0.323 e. The lowest BCUT2D eigenvalue weighted by Crippen LogP contribution is -2.26. The molecule has 25 heavy (non-hydrogen) atoms. The number of hydrogen-bond donors (Lipinski definition) is 3. The fraction of sp³-hybridized carbons (Fsp3) is 0.176. The van der Waals surface area contributed by atoms with Gasteiger partial charge in [0.1, 0.15) is 0 Å². The van der Waals surface area contributed by atoms with Gasteiger partial charge in [0.2, 0.25) is 0 Å². The average molecular weight is 352 g/mol. The molecule has 0 bridgehead atoms. The van der Waals surface area contributed by atoms with Crippen molar-refractivity contribution in [1.82, 2.24) is 20.3 Å². The third-order valence-corrected chi connectivity index (χ3v) is 4.79. The lowest BCUT2D eigenvalue weighted by atomic mass is 10.1. The van der Waals surface area contributed by atoms with Gasteiger partial charge in [0.05, 0.1) is 16.7 Å². The lowest BCUT2D eigenvalue weighted by Gasteiger charge is -2.13. The van der Waals surface area contributed by atoms with Crippen LogP contribution in [0.4, 0.5) is 0 Å². The van der Waals surface area contributed by atoms with Gasteiger partial charge in [0, 0.05) is 30.3 Å². The minimum Gasteiger partial charge on any atom is -0.363 e. The standard InChI is InChI=1S/C17H16N6OS/c24-16-20-13-4-3-12(8-14(13)21-16)15-10-25-17(23-22-15)19-7-5-11-2-1-6-18-9-11/h1-4,6,8-9H,5,7,10H2,(H,19,23)(H2,20,21,24). The number of nitrogens with zero attached hydrogens (tertiary/aromatic N) is 3. The Morgan fingerprint density at radius 3 is 2.88 bits per heavy atom. The number of imidazole rings is 1. The van der Waals surface area contributed by atoms with E-state index in [-0.39, 0.29) is 5.69 Å². The number of fused-ring (bicyclic) bond motifs is 1. The molecule has 3 aromatic rings. The highest BCUT2D eigenvalue weighted by Gasteiger charge is 2.13. The highest BCUT2D eigenvalue weighted by Crippen LogP contribution is 2.17. The van der Waals surface area contributed by atoms with Crippen molar-refractivity contribution in [2.45, 2.75) is 6.42 Å². The molecule has 0 saturated heterocycles. The molecule has 126 valence electrons. The van der Waals surface area contributed by atoms with Gasteiger partial charge in [-0.3, -0.25) is 4.98 Å². The van der Waals surface area contributed by atoms with Crippen LogP contribution < -0.4 is 11.0 Å². The average Bonchev–Trinajstić information content (AvgIpc) is 3.02. The van der Waals surface area contributed by atoms with Gasteiger partial charge < -0.3 is 15.3 Å². The number of H-pyrrole nitrogens is 2. The fourth-order valence-corrected chi connectivity index (χ4v) is 3.40. The molecular weight excluding hydrogens is 336 g/mol. The van der Waals surface area contributed by atoms with Crippen molar-refractivity contribution >= 4 is 33.7 Å². The Kier molecular flexibility index (Phi) is 4.34. The van der Waals surface area contributed by atoms with Crippen LogP contribution in [0.15, 0.2) is 57.7 Å². The van der Waals surface area contributed by atoms with Crippen LogP contribution in [0.3, 0.4) is 0 Å². The molecule has 0 unspecified atom stereocenters. The van der Waals surface area contributed by atoms with Gasteiger partial charge in [0.25, 0.3) is 0 Å². The van der Waals surface area contributed by atoms with Crippen LogP contribution in [0, 0.1) is 0 Å². The van der Waals surface area contributed by atoms with Gasteiger partial charge in [0.15, 0.2) is 5.17 Å². The molecule has 3 N–H and O–H groups in total. The molecule has 0 aliphatic carbocycles. The molecule has 1 aromatic carbocycles. The van der Waals surface area contributed by atoms with Crippen molar-refractivity contribution in [3.05, 3.63) is 64.3 Å². The Hall–Kier alpha value is -2.87. The summed E-state index contributed by atoms with van der Waals surface area (Å²) in [5.74, 6) is 0.735. The first-order chi connectivity index (χ1) is 12.3. The van der Waals surface area contributed by atoms with E-state index in [1.807, 2.05) is 30.5 Å². The van der Waals surface area contributed by atoms with Crippen LogP contribution in [0.25, 0.3) is 11.0 Å². The van der Waals surface area contributed by atoms with E-state index in [2.05, 4.69) is 36.5 Å². The lowest BCUT2D eigenvalue weighted by molar-refractivity contribution is 0.865. The molecule has 1 aliphatic heterocycles. The molecule has 4 rings (SSSR count). The molecule has 0 saturated carbocycles. The van der Waals surface area contributed by atoms with Crippen molar-refractivity contribution in [2.24, 2.45) is 10.2 Å². The largest absolute Gasteiger partial charge is 0.363 e. The summed E-state index contributed by atoms with van der Waals surface area (Å²) < 4.78 is 0. The fourth-order valence-electron chi connectivity index (χ4n) is 2.60. The zero-order valence-corrected chi connectivity index (χ0v) is 14.1. The molecule has 0 atom stereocenters. The van der Waals surface area contributed by atoms with Crippen molar-refractivity contribution in [3.63, 3.8) is 0 Å². The topological polar surface area (TPSA) is 98.3 Å². The summed E-state index contributed by atoms with van der Waals surface area (Å²) in [6, 6.07) is 9.74. The van der Waals surface area contributed by atoms with E-state index in [0.29, 0.717) is 0 Å². The number of rotatable bonds is 4. The second-order valence-electron chi connectivity index (χ2n) is 5.62. The Labute approximate surface area is 147 Å². The van der Waals surface area contributed by atoms with Crippen LogP contribution in [0.2, 0.25) is 0 Å². The molecule has 3 heterocycles. The molecule has 2 aromatic heterocycles. The van der Waals surface area contributed by atoms with Gasteiger partial charge in [-0.2, -0.15) is 5.10 Å². The maximum absolute atomic E-state index is 11.3. The summed E-state index contributed by atoms with van der Waals surface area (Å²) in [5.41, 5.74) is 4.42. The zero-order valence-electron chi connectivity index (χ0n) is 13.3. The highest BCUT2D eigenvalue weighted by molar-refractivity contribution is 8.14. The first kappa shape index (κ1) is 15.6. The van der Waals surface area contributed by atoms with Crippen molar-refractivity contribution in [3.8, 4) is 0 Å². The first-order valence-electron chi connectivity index (χ1n) is 7.90. The molecule has 1 aliphatic rings. The van der Waals surface area contributed by atoms with Gasteiger partial charge in [-0.1, -0.05) is 23.9 Å². The SMILES string of the molecule is O=c1[nH]c2ccc(C3=NN=C(NCCc4cccnc4)SC3)cc2[nH]1. The van der Waals surface area contributed by atoms with Crippen molar-refractivity contribution < 1.29 is 0 Å². The van der Waals surface area contributed by atoms with Crippen LogP contribution in [-0.4, -0.2) is 38.1 Å². The predicted molar refractivity (Wildman–Crippen MR) is 101 cm³/mol. The summed E-state index contributed by atoms with van der Waals surface area (Å²) in [6.07, 6.45) is 4.53. The minimum atomic E-state index is -0.203. The molecule has 0 radical (unpaired) electrons. The van der Waals surface area contributed by atoms with Crippen LogP contribution in [0.1, 0.15) is 11.1 Å². The quantitative estimate of drug-likeness (QED) is 0.668. The van der Waals surface area contributed by atoms with Crippen LogP contribution in [0.5, 0.6) is 0 Å². The third-order valence-electron chi connectivity index (χ3n) is 3.87. The number of hydrogen-bond acceptors (Lipinski definition) is 6. The first-order valence-corrected chi connectivity index (χ1v) is 8.89. The summed E-state index contributed by atoms with van der Waals surface area (Å²) in [6.45, 7) is 0.791. The van der Waals surface area contributed by atoms with Crippen LogP contribution in [-0.2, 0) is 6.42 Å². The number of aromatic nitrogens is 3. The van der Waals surface area contributed by atoms with E-state index in [0.717, 1.165) is 46.2 Å². The molecule has 8 heteroatoms. The van der Waals surface area contributed by atoms with E-state index in [1.54, 1.807) is 18.0 Å². The van der Waals surface area contributed by atoms with E-state index in [1.165, 1.54) is 5.56 Å². The Morgan fingerprint density at radius 1 is 1.16 bits per heavy atom.